The Morgan fingerprint density at radius 1 is 1.50 bits per heavy atom. The van der Waals surface area contributed by atoms with Crippen LogP contribution in [0.4, 0.5) is 10.3 Å². The molecule has 1 atom stereocenters. The Morgan fingerprint density at radius 3 is 3.12 bits per heavy atom. The zero-order valence-electron chi connectivity index (χ0n) is 8.69. The highest BCUT2D eigenvalue weighted by molar-refractivity contribution is 5.78. The molecule has 2 aromatic rings. The van der Waals surface area contributed by atoms with E-state index in [9.17, 15) is 4.39 Å². The van der Waals surface area contributed by atoms with Gasteiger partial charge in [0.25, 0.3) is 0 Å². The van der Waals surface area contributed by atoms with Crippen molar-refractivity contribution in [1.29, 1.82) is 0 Å². The average Bonchev–Trinajstić information content (AvgIpc) is 2.83. The summed E-state index contributed by atoms with van der Waals surface area (Å²) < 4.78 is 20.3. The molecule has 0 saturated carbocycles. The highest BCUT2D eigenvalue weighted by atomic mass is 19.1. The molecule has 1 aliphatic rings. The Hall–Kier alpha value is -1.62. The number of nitrogens with zero attached hydrogens (tertiary/aromatic N) is 2. The highest BCUT2D eigenvalue weighted by Gasteiger charge is 2.22. The third kappa shape index (κ3) is 1.36. The smallest absolute Gasteiger partial charge is 0.201 e. The van der Waals surface area contributed by atoms with Crippen LogP contribution < -0.4 is 5.73 Å². The molecule has 1 fully saturated rings. The van der Waals surface area contributed by atoms with Gasteiger partial charge in [-0.15, -0.1) is 0 Å². The van der Waals surface area contributed by atoms with Gasteiger partial charge in [0.2, 0.25) is 5.95 Å². The molecule has 0 amide bonds. The number of rotatable bonds is 1. The van der Waals surface area contributed by atoms with Gasteiger partial charge < -0.3 is 15.0 Å². The summed E-state index contributed by atoms with van der Waals surface area (Å²) in [5.74, 6) is 0.135. The maximum atomic E-state index is 13.0. The maximum Gasteiger partial charge on any atom is 0.201 e. The number of aromatic nitrogens is 2. The molecule has 1 aromatic carbocycles. The molecule has 1 unspecified atom stereocenters. The number of benzene rings is 1. The normalized spacial score (nSPS) is 20.7. The van der Waals surface area contributed by atoms with Crippen molar-refractivity contribution in [2.75, 3.05) is 18.9 Å². The van der Waals surface area contributed by atoms with Gasteiger partial charge >= 0.3 is 0 Å². The Labute approximate surface area is 91.8 Å². The van der Waals surface area contributed by atoms with Gasteiger partial charge in [-0.3, -0.25) is 0 Å². The summed E-state index contributed by atoms with van der Waals surface area (Å²) >= 11 is 0. The lowest BCUT2D eigenvalue weighted by molar-refractivity contribution is 0.187. The van der Waals surface area contributed by atoms with Gasteiger partial charge in [0.1, 0.15) is 5.82 Å². The molecule has 84 valence electrons. The van der Waals surface area contributed by atoms with E-state index in [1.807, 2.05) is 4.57 Å². The monoisotopic (exact) mass is 221 g/mol. The van der Waals surface area contributed by atoms with E-state index in [0.717, 1.165) is 18.5 Å². The van der Waals surface area contributed by atoms with E-state index in [4.69, 9.17) is 10.5 Å². The summed E-state index contributed by atoms with van der Waals surface area (Å²) in [6.07, 6.45) is 0.924. The lowest BCUT2D eigenvalue weighted by Crippen LogP contribution is -2.11. The van der Waals surface area contributed by atoms with Crippen molar-refractivity contribution >= 4 is 17.0 Å². The summed E-state index contributed by atoms with van der Waals surface area (Å²) in [5.41, 5.74) is 7.33. The minimum absolute atomic E-state index is 0.218. The number of anilines is 1. The first kappa shape index (κ1) is 9.59. The van der Waals surface area contributed by atoms with Crippen LogP contribution in [-0.2, 0) is 4.74 Å². The van der Waals surface area contributed by atoms with Crippen molar-refractivity contribution < 1.29 is 9.13 Å². The molecule has 0 spiro atoms. The molecule has 2 N–H and O–H groups in total. The van der Waals surface area contributed by atoms with Crippen molar-refractivity contribution in [2.24, 2.45) is 0 Å². The van der Waals surface area contributed by atoms with E-state index in [2.05, 4.69) is 4.98 Å². The number of hydrogen-bond acceptors (Lipinski definition) is 3. The summed E-state index contributed by atoms with van der Waals surface area (Å²) in [5, 5.41) is 0. The number of ether oxygens (including phenoxy) is 1. The fourth-order valence-corrected chi connectivity index (χ4v) is 2.20. The van der Waals surface area contributed by atoms with Gasteiger partial charge in [-0.2, -0.15) is 0 Å². The lowest BCUT2D eigenvalue weighted by atomic mass is 10.2. The molecule has 1 aliphatic heterocycles. The Morgan fingerprint density at radius 2 is 2.38 bits per heavy atom. The molecule has 2 heterocycles. The summed E-state index contributed by atoms with van der Waals surface area (Å²) in [7, 11) is 0. The first-order valence-corrected chi connectivity index (χ1v) is 5.26. The van der Waals surface area contributed by atoms with Gasteiger partial charge in [0.15, 0.2) is 0 Å². The van der Waals surface area contributed by atoms with Gasteiger partial charge in [0, 0.05) is 12.7 Å². The largest absolute Gasteiger partial charge is 0.379 e. The topological polar surface area (TPSA) is 53.1 Å². The first-order valence-electron chi connectivity index (χ1n) is 5.26. The van der Waals surface area contributed by atoms with Crippen LogP contribution in [0.25, 0.3) is 11.0 Å². The van der Waals surface area contributed by atoms with Crippen molar-refractivity contribution in [3.63, 3.8) is 0 Å². The maximum absolute atomic E-state index is 13.0. The standard InChI is InChI=1S/C11H12FN3O/c12-7-1-2-10-9(5-7)14-11(13)15(10)8-3-4-16-6-8/h1-2,5,8H,3-4,6H2,(H2,13,14). The Kier molecular flexibility index (Phi) is 2.07. The Bertz CT molecular complexity index is 531. The summed E-state index contributed by atoms with van der Waals surface area (Å²) in [6.45, 7) is 1.39. The molecule has 5 heteroatoms. The van der Waals surface area contributed by atoms with Crippen LogP contribution in [0.5, 0.6) is 0 Å². The zero-order valence-corrected chi connectivity index (χ0v) is 8.69. The number of hydrogen-bond donors (Lipinski definition) is 1. The minimum atomic E-state index is -0.292. The highest BCUT2D eigenvalue weighted by Crippen LogP contribution is 2.28. The van der Waals surface area contributed by atoms with Crippen LogP contribution in [0.3, 0.4) is 0 Å². The third-order valence-electron chi connectivity index (χ3n) is 2.95. The van der Waals surface area contributed by atoms with Crippen molar-refractivity contribution in [3.8, 4) is 0 Å². The summed E-state index contributed by atoms with van der Waals surface area (Å²) in [4.78, 5) is 4.16. The predicted molar refractivity (Wildman–Crippen MR) is 58.6 cm³/mol. The van der Waals surface area contributed by atoms with Gasteiger partial charge in [-0.05, 0) is 18.6 Å². The third-order valence-corrected chi connectivity index (χ3v) is 2.95. The van der Waals surface area contributed by atoms with Gasteiger partial charge in [0.05, 0.1) is 23.7 Å². The van der Waals surface area contributed by atoms with Crippen molar-refractivity contribution in [1.82, 2.24) is 9.55 Å². The van der Waals surface area contributed by atoms with E-state index in [0.29, 0.717) is 18.1 Å². The van der Waals surface area contributed by atoms with Crippen LogP contribution >= 0.6 is 0 Å². The lowest BCUT2D eigenvalue weighted by Gasteiger charge is -2.12. The molecule has 16 heavy (non-hydrogen) atoms. The van der Waals surface area contributed by atoms with E-state index < -0.39 is 0 Å². The number of imidazole rings is 1. The minimum Gasteiger partial charge on any atom is -0.379 e. The Balaban J connectivity index is 2.18. The second-order valence-electron chi connectivity index (χ2n) is 3.99. The molecule has 1 aromatic heterocycles. The molecule has 3 rings (SSSR count). The van der Waals surface area contributed by atoms with E-state index in [1.165, 1.54) is 12.1 Å². The van der Waals surface area contributed by atoms with Gasteiger partial charge in [-0.1, -0.05) is 0 Å². The predicted octanol–water partition coefficient (Wildman–Crippen LogP) is 1.72. The molecule has 4 nitrogen and oxygen atoms in total. The zero-order chi connectivity index (χ0) is 11.1. The van der Waals surface area contributed by atoms with Crippen LogP contribution in [0.1, 0.15) is 12.5 Å². The number of fused-ring (bicyclic) bond motifs is 1. The van der Waals surface area contributed by atoms with Crippen LogP contribution in [-0.4, -0.2) is 22.8 Å². The second-order valence-corrected chi connectivity index (χ2v) is 3.99. The van der Waals surface area contributed by atoms with Crippen LogP contribution in [0.2, 0.25) is 0 Å². The molecule has 0 aliphatic carbocycles. The fraction of sp³-hybridized carbons (Fsp3) is 0.364. The first-order chi connectivity index (χ1) is 7.75. The number of halogens is 1. The molecule has 1 saturated heterocycles. The average molecular weight is 221 g/mol. The van der Waals surface area contributed by atoms with Crippen molar-refractivity contribution in [3.05, 3.63) is 24.0 Å². The fourth-order valence-electron chi connectivity index (χ4n) is 2.20. The quantitative estimate of drug-likeness (QED) is 0.797. The molecular weight excluding hydrogens is 209 g/mol. The van der Waals surface area contributed by atoms with Gasteiger partial charge in [-0.25, -0.2) is 9.37 Å². The van der Waals surface area contributed by atoms with E-state index in [-0.39, 0.29) is 11.9 Å². The SMILES string of the molecule is Nc1nc2cc(F)ccc2n1C1CCOC1. The molecule has 0 radical (unpaired) electrons. The second kappa shape index (κ2) is 3.45. The van der Waals surface area contributed by atoms with Crippen LogP contribution in [0.15, 0.2) is 18.2 Å². The number of nitrogens with two attached hydrogens (primary N) is 1. The van der Waals surface area contributed by atoms with E-state index in [1.54, 1.807) is 6.07 Å². The van der Waals surface area contributed by atoms with Crippen LogP contribution in [0, 0.1) is 5.82 Å². The van der Waals surface area contributed by atoms with Crippen molar-refractivity contribution in [2.45, 2.75) is 12.5 Å². The summed E-state index contributed by atoms with van der Waals surface area (Å²) in [6, 6.07) is 4.76. The molecule has 0 bridgehead atoms. The number of nitrogen functional groups attached to an aromatic ring is 1. The van der Waals surface area contributed by atoms with E-state index >= 15 is 0 Å². The molecular formula is C11H12FN3O.